The van der Waals surface area contributed by atoms with Crippen LogP contribution in [0.3, 0.4) is 0 Å². The Kier molecular flexibility index (Phi) is 1.29. The van der Waals surface area contributed by atoms with Crippen molar-refractivity contribution in [1.29, 1.82) is 0 Å². The number of H-pyrrole nitrogens is 1. The van der Waals surface area contributed by atoms with Gasteiger partial charge in [-0.25, -0.2) is 0 Å². The smallest absolute Gasteiger partial charge is 0.125 e. The van der Waals surface area contributed by atoms with Gasteiger partial charge in [0.25, 0.3) is 0 Å². The van der Waals surface area contributed by atoms with Gasteiger partial charge in [-0.15, -0.1) is 0 Å². The van der Waals surface area contributed by atoms with Crippen LogP contribution in [0.4, 0.5) is 0 Å². The van der Waals surface area contributed by atoms with Gasteiger partial charge >= 0.3 is 0 Å². The lowest BCUT2D eigenvalue weighted by atomic mass is 9.95. The van der Waals surface area contributed by atoms with Gasteiger partial charge in [0, 0.05) is 5.69 Å². The van der Waals surface area contributed by atoms with E-state index in [4.69, 9.17) is 4.74 Å². The molecule has 2 heterocycles. The van der Waals surface area contributed by atoms with Crippen molar-refractivity contribution >= 4 is 0 Å². The van der Waals surface area contributed by atoms with Gasteiger partial charge in [0.2, 0.25) is 0 Å². The number of aromatic amines is 1. The number of nitrogens with zero attached hydrogens (tertiary/aromatic N) is 1. The zero-order chi connectivity index (χ0) is 7.97. The van der Waals surface area contributed by atoms with E-state index in [1.165, 1.54) is 42.6 Å². The molecule has 1 saturated heterocycles. The molecule has 0 unspecified atom stereocenters. The number of aryl methyl sites for hydroxylation is 1. The molecule has 1 aliphatic carbocycles. The Morgan fingerprint density at radius 2 is 2.17 bits per heavy atom. The molecule has 1 atom stereocenters. The highest BCUT2D eigenvalue weighted by Crippen LogP contribution is 2.34. The van der Waals surface area contributed by atoms with E-state index in [0.717, 1.165) is 6.61 Å². The summed E-state index contributed by atoms with van der Waals surface area (Å²) >= 11 is 0. The van der Waals surface area contributed by atoms with Crippen LogP contribution in [0.2, 0.25) is 0 Å². The maximum Gasteiger partial charge on any atom is 0.125 e. The highest BCUT2D eigenvalue weighted by molar-refractivity contribution is 5.30. The summed E-state index contributed by atoms with van der Waals surface area (Å²) in [4.78, 5) is 0. The second-order valence-electron chi connectivity index (χ2n) is 3.60. The highest BCUT2D eigenvalue weighted by atomic mass is 16.6. The van der Waals surface area contributed by atoms with Crippen molar-refractivity contribution in [3.63, 3.8) is 0 Å². The number of rotatable bonds is 1. The van der Waals surface area contributed by atoms with Crippen molar-refractivity contribution in [2.75, 3.05) is 6.61 Å². The van der Waals surface area contributed by atoms with Crippen LogP contribution in [0.1, 0.15) is 35.9 Å². The molecule has 12 heavy (non-hydrogen) atoms. The third-order valence-corrected chi connectivity index (χ3v) is 2.73. The predicted octanol–water partition coefficient (Wildman–Crippen LogP) is 1.36. The molecule has 3 rings (SSSR count). The first kappa shape index (κ1) is 6.66. The van der Waals surface area contributed by atoms with Gasteiger partial charge < -0.3 is 4.74 Å². The standard InChI is InChI=1S/C9H12N2O/c1-2-4-7-6(3-1)9(11-10-7)8-5-12-8/h8H,1-5H2,(H,10,11)/t8-/m1/s1. The number of nitrogens with one attached hydrogen (secondary N) is 1. The van der Waals surface area contributed by atoms with Gasteiger partial charge in [-0.3, -0.25) is 5.10 Å². The number of epoxide rings is 1. The number of aromatic nitrogens is 2. The van der Waals surface area contributed by atoms with E-state index in [9.17, 15) is 0 Å². The molecule has 1 N–H and O–H groups in total. The van der Waals surface area contributed by atoms with Gasteiger partial charge in [-0.2, -0.15) is 5.10 Å². The van der Waals surface area contributed by atoms with Gasteiger partial charge in [0.1, 0.15) is 6.10 Å². The Morgan fingerprint density at radius 1 is 1.33 bits per heavy atom. The number of ether oxygens (including phenoxy) is 1. The van der Waals surface area contributed by atoms with E-state index in [2.05, 4.69) is 10.2 Å². The molecule has 3 heteroatoms. The van der Waals surface area contributed by atoms with E-state index in [-0.39, 0.29) is 0 Å². The predicted molar refractivity (Wildman–Crippen MR) is 43.9 cm³/mol. The molecule has 3 nitrogen and oxygen atoms in total. The molecule has 1 aliphatic heterocycles. The van der Waals surface area contributed by atoms with Crippen LogP contribution in [0, 0.1) is 0 Å². The maximum atomic E-state index is 5.24. The molecule has 0 aromatic carbocycles. The lowest BCUT2D eigenvalue weighted by Crippen LogP contribution is -2.02. The summed E-state index contributed by atoms with van der Waals surface area (Å²) < 4.78 is 5.24. The van der Waals surface area contributed by atoms with Crippen molar-refractivity contribution in [3.05, 3.63) is 17.0 Å². The van der Waals surface area contributed by atoms with Crippen LogP contribution >= 0.6 is 0 Å². The molecule has 1 aromatic heterocycles. The van der Waals surface area contributed by atoms with Crippen LogP contribution < -0.4 is 0 Å². The minimum atomic E-state index is 0.322. The zero-order valence-electron chi connectivity index (χ0n) is 6.97. The monoisotopic (exact) mass is 164 g/mol. The summed E-state index contributed by atoms with van der Waals surface area (Å²) in [6, 6.07) is 0. The van der Waals surface area contributed by atoms with E-state index < -0.39 is 0 Å². The molecule has 0 radical (unpaired) electrons. The van der Waals surface area contributed by atoms with Crippen molar-refractivity contribution in [1.82, 2.24) is 10.2 Å². The van der Waals surface area contributed by atoms with Crippen LogP contribution in [0.5, 0.6) is 0 Å². The molecular formula is C9H12N2O. The van der Waals surface area contributed by atoms with Gasteiger partial charge in [0.15, 0.2) is 0 Å². The topological polar surface area (TPSA) is 41.2 Å². The molecule has 2 aliphatic rings. The quantitative estimate of drug-likeness (QED) is 0.637. The Bertz CT molecular complexity index is 301. The maximum absolute atomic E-state index is 5.24. The van der Waals surface area contributed by atoms with E-state index in [1.807, 2.05) is 0 Å². The normalized spacial score (nSPS) is 26.8. The first-order valence-electron chi connectivity index (χ1n) is 4.63. The first-order chi connectivity index (χ1) is 5.95. The van der Waals surface area contributed by atoms with Crippen LogP contribution in [0.25, 0.3) is 0 Å². The number of hydrogen-bond acceptors (Lipinski definition) is 2. The third-order valence-electron chi connectivity index (χ3n) is 2.73. The van der Waals surface area contributed by atoms with Gasteiger partial charge in [0.05, 0.1) is 12.3 Å². The summed E-state index contributed by atoms with van der Waals surface area (Å²) in [5.74, 6) is 0. The Labute approximate surface area is 71.1 Å². The Hall–Kier alpha value is -0.830. The Morgan fingerprint density at radius 3 is 3.00 bits per heavy atom. The van der Waals surface area contributed by atoms with E-state index in [0.29, 0.717) is 6.10 Å². The molecule has 1 fully saturated rings. The lowest BCUT2D eigenvalue weighted by Gasteiger charge is -2.09. The van der Waals surface area contributed by atoms with Crippen molar-refractivity contribution < 1.29 is 4.74 Å². The number of fused-ring (bicyclic) bond motifs is 1. The highest BCUT2D eigenvalue weighted by Gasteiger charge is 2.31. The average Bonchev–Trinajstić information content (AvgIpc) is 2.86. The van der Waals surface area contributed by atoms with Crippen LogP contribution in [0.15, 0.2) is 0 Å². The second kappa shape index (κ2) is 2.33. The van der Waals surface area contributed by atoms with Crippen molar-refractivity contribution in [2.24, 2.45) is 0 Å². The molecule has 0 saturated carbocycles. The largest absolute Gasteiger partial charge is 0.366 e. The summed E-state index contributed by atoms with van der Waals surface area (Å²) in [5.41, 5.74) is 3.99. The van der Waals surface area contributed by atoms with E-state index >= 15 is 0 Å². The van der Waals surface area contributed by atoms with Crippen molar-refractivity contribution in [3.8, 4) is 0 Å². The summed E-state index contributed by atoms with van der Waals surface area (Å²) in [6.45, 7) is 0.872. The summed E-state index contributed by atoms with van der Waals surface area (Å²) in [6.07, 6.45) is 5.31. The average molecular weight is 164 g/mol. The van der Waals surface area contributed by atoms with E-state index in [1.54, 1.807) is 0 Å². The fourth-order valence-electron chi connectivity index (χ4n) is 1.98. The minimum Gasteiger partial charge on any atom is -0.366 e. The first-order valence-corrected chi connectivity index (χ1v) is 4.63. The molecule has 1 aromatic rings. The fraction of sp³-hybridized carbons (Fsp3) is 0.667. The lowest BCUT2D eigenvalue weighted by molar-refractivity contribution is 0.409. The van der Waals surface area contributed by atoms with Crippen LogP contribution in [-0.2, 0) is 17.6 Å². The molecule has 0 spiro atoms. The molecule has 64 valence electrons. The molecule has 0 bridgehead atoms. The third kappa shape index (κ3) is 0.894. The second-order valence-corrected chi connectivity index (χ2v) is 3.60. The molecule has 0 amide bonds. The molecular weight excluding hydrogens is 152 g/mol. The Balaban J connectivity index is 2.03. The fourth-order valence-corrected chi connectivity index (χ4v) is 1.98. The van der Waals surface area contributed by atoms with Crippen LogP contribution in [-0.4, -0.2) is 16.8 Å². The summed E-state index contributed by atoms with van der Waals surface area (Å²) in [7, 11) is 0. The van der Waals surface area contributed by atoms with Gasteiger partial charge in [-0.1, -0.05) is 0 Å². The number of hydrogen-bond donors (Lipinski definition) is 1. The van der Waals surface area contributed by atoms with Gasteiger partial charge in [-0.05, 0) is 31.2 Å². The van der Waals surface area contributed by atoms with Crippen molar-refractivity contribution in [2.45, 2.75) is 31.8 Å². The zero-order valence-corrected chi connectivity index (χ0v) is 6.97. The summed E-state index contributed by atoms with van der Waals surface area (Å²) in [5, 5.41) is 7.43. The minimum absolute atomic E-state index is 0.322. The SMILES string of the molecule is C1CCc2c([C@H]3CO3)n[nH]c2C1.